The molecule has 0 unspecified atom stereocenters. The van der Waals surface area contributed by atoms with Crippen LogP contribution in [0, 0.1) is 10.1 Å². The summed E-state index contributed by atoms with van der Waals surface area (Å²) in [7, 11) is 0. The summed E-state index contributed by atoms with van der Waals surface area (Å²) in [6.45, 7) is 0. The van der Waals surface area contributed by atoms with E-state index in [0.29, 0.717) is 0 Å². The largest absolute Gasteiger partial charge is 0.309 e. The van der Waals surface area contributed by atoms with E-state index in [9.17, 15) is 14.9 Å². The SMILES string of the molecule is O=C(NN=Cc1cc(-c2ccccc2)n(-c2ccc(Br)cc2)c1-c1ccccc1)c1ccc([N+](=O)[O-])cn1. The lowest BCUT2D eigenvalue weighted by Crippen LogP contribution is -2.19. The molecule has 1 N–H and O–H groups in total. The van der Waals surface area contributed by atoms with Gasteiger partial charge >= 0.3 is 0 Å². The van der Waals surface area contributed by atoms with Crippen molar-refractivity contribution in [2.75, 3.05) is 0 Å². The molecule has 0 spiro atoms. The summed E-state index contributed by atoms with van der Waals surface area (Å²) in [6, 6.07) is 32.6. The number of pyridine rings is 1. The van der Waals surface area contributed by atoms with Gasteiger partial charge in [0, 0.05) is 21.8 Å². The number of aromatic nitrogens is 2. The predicted octanol–water partition coefficient (Wildman–Crippen LogP) is 6.64. The number of hydrogen-bond acceptors (Lipinski definition) is 5. The molecule has 2 heterocycles. The van der Waals surface area contributed by atoms with Gasteiger partial charge in [0.05, 0.1) is 22.5 Å². The molecule has 0 aliphatic carbocycles. The summed E-state index contributed by atoms with van der Waals surface area (Å²) in [6.07, 6.45) is 2.63. The third-order valence-electron chi connectivity index (χ3n) is 5.79. The smallest absolute Gasteiger partial charge is 0.289 e. The van der Waals surface area contributed by atoms with Crippen molar-refractivity contribution in [1.29, 1.82) is 0 Å². The number of amides is 1. The van der Waals surface area contributed by atoms with E-state index in [2.05, 4.69) is 36.0 Å². The third kappa shape index (κ3) is 5.28. The maximum Gasteiger partial charge on any atom is 0.289 e. The molecule has 2 aromatic heterocycles. The zero-order valence-electron chi connectivity index (χ0n) is 19.9. The van der Waals surface area contributed by atoms with E-state index in [1.807, 2.05) is 91.0 Å². The number of rotatable bonds is 7. The Bertz CT molecular complexity index is 1620. The normalized spacial score (nSPS) is 11.0. The van der Waals surface area contributed by atoms with E-state index in [4.69, 9.17) is 0 Å². The van der Waals surface area contributed by atoms with Gasteiger partial charge < -0.3 is 4.57 Å². The van der Waals surface area contributed by atoms with E-state index >= 15 is 0 Å². The molecule has 38 heavy (non-hydrogen) atoms. The van der Waals surface area contributed by atoms with Crippen molar-refractivity contribution < 1.29 is 9.72 Å². The van der Waals surface area contributed by atoms with E-state index in [-0.39, 0.29) is 11.4 Å². The van der Waals surface area contributed by atoms with Gasteiger partial charge in [-0.05, 0) is 47.5 Å². The van der Waals surface area contributed by atoms with Crippen LogP contribution in [0.2, 0.25) is 0 Å². The molecule has 5 rings (SSSR count). The lowest BCUT2D eigenvalue weighted by atomic mass is 10.1. The molecule has 0 bridgehead atoms. The zero-order chi connectivity index (χ0) is 26.5. The second kappa shape index (κ2) is 11.0. The first-order valence-electron chi connectivity index (χ1n) is 11.6. The average Bonchev–Trinajstić information content (AvgIpc) is 3.33. The van der Waals surface area contributed by atoms with E-state index in [0.717, 1.165) is 44.4 Å². The number of carbonyl (C=O) groups excluding carboxylic acids is 1. The van der Waals surface area contributed by atoms with E-state index in [1.54, 1.807) is 6.21 Å². The second-order valence-corrected chi connectivity index (χ2v) is 9.15. The number of nitrogens with one attached hydrogen (secondary N) is 1. The Morgan fingerprint density at radius 3 is 2.18 bits per heavy atom. The first-order chi connectivity index (χ1) is 18.5. The van der Waals surface area contributed by atoms with Gasteiger partial charge in [0.15, 0.2) is 0 Å². The minimum atomic E-state index is -0.576. The average molecular weight is 566 g/mol. The van der Waals surface area contributed by atoms with Crippen LogP contribution >= 0.6 is 15.9 Å². The molecule has 0 aliphatic rings. The first kappa shape index (κ1) is 24.8. The van der Waals surface area contributed by atoms with Crippen LogP contribution in [-0.4, -0.2) is 26.6 Å². The Hall–Kier alpha value is -4.89. The molecule has 0 fully saturated rings. The Labute approximate surface area is 226 Å². The Morgan fingerprint density at radius 2 is 1.58 bits per heavy atom. The molecule has 5 aromatic rings. The van der Waals surface area contributed by atoms with Crippen LogP contribution in [0.4, 0.5) is 5.69 Å². The number of nitro groups is 1. The monoisotopic (exact) mass is 565 g/mol. The molecular weight excluding hydrogens is 546 g/mol. The summed E-state index contributed by atoms with van der Waals surface area (Å²) in [5.74, 6) is -0.576. The Kier molecular flexibility index (Phi) is 7.19. The Balaban J connectivity index is 1.58. The van der Waals surface area contributed by atoms with Crippen LogP contribution in [0.3, 0.4) is 0 Å². The minimum absolute atomic E-state index is 0.0217. The maximum absolute atomic E-state index is 12.6. The van der Waals surface area contributed by atoms with Crippen molar-refractivity contribution >= 4 is 33.7 Å². The van der Waals surface area contributed by atoms with E-state index in [1.165, 1.54) is 12.1 Å². The van der Waals surface area contributed by atoms with Crippen molar-refractivity contribution in [3.05, 3.63) is 135 Å². The minimum Gasteiger partial charge on any atom is -0.309 e. The molecule has 0 saturated carbocycles. The highest BCUT2D eigenvalue weighted by molar-refractivity contribution is 9.10. The van der Waals surface area contributed by atoms with Gasteiger partial charge in [-0.3, -0.25) is 14.9 Å². The maximum atomic E-state index is 12.6. The lowest BCUT2D eigenvalue weighted by Gasteiger charge is -2.15. The number of carbonyl (C=O) groups is 1. The lowest BCUT2D eigenvalue weighted by molar-refractivity contribution is -0.385. The highest BCUT2D eigenvalue weighted by atomic mass is 79.9. The third-order valence-corrected chi connectivity index (χ3v) is 6.32. The van der Waals surface area contributed by atoms with Crippen molar-refractivity contribution in [3.8, 4) is 28.2 Å². The van der Waals surface area contributed by atoms with Crippen LogP contribution in [0.25, 0.3) is 28.2 Å². The molecule has 0 radical (unpaired) electrons. The van der Waals surface area contributed by atoms with Gasteiger partial charge in [-0.2, -0.15) is 5.10 Å². The van der Waals surface area contributed by atoms with Gasteiger partial charge in [0.25, 0.3) is 11.6 Å². The molecule has 0 atom stereocenters. The summed E-state index contributed by atoms with van der Waals surface area (Å²) in [4.78, 5) is 26.7. The fourth-order valence-electron chi connectivity index (χ4n) is 4.05. The number of halogens is 1. The molecule has 186 valence electrons. The van der Waals surface area contributed by atoms with Gasteiger partial charge in [0.2, 0.25) is 0 Å². The van der Waals surface area contributed by atoms with Crippen LogP contribution < -0.4 is 5.43 Å². The quantitative estimate of drug-likeness (QED) is 0.136. The molecular formula is C29H20BrN5O3. The van der Waals surface area contributed by atoms with E-state index < -0.39 is 10.8 Å². The van der Waals surface area contributed by atoms with Crippen LogP contribution in [0.5, 0.6) is 0 Å². The highest BCUT2D eigenvalue weighted by Gasteiger charge is 2.19. The molecule has 3 aromatic carbocycles. The molecule has 0 aliphatic heterocycles. The zero-order valence-corrected chi connectivity index (χ0v) is 21.4. The van der Waals surface area contributed by atoms with Crippen LogP contribution in [0.15, 0.2) is 119 Å². The van der Waals surface area contributed by atoms with Crippen molar-refractivity contribution in [1.82, 2.24) is 15.0 Å². The topological polar surface area (TPSA) is 102 Å². The van der Waals surface area contributed by atoms with Crippen LogP contribution in [0.1, 0.15) is 16.1 Å². The number of nitrogens with zero attached hydrogens (tertiary/aromatic N) is 4. The summed E-state index contributed by atoms with van der Waals surface area (Å²) in [5, 5.41) is 15.0. The Morgan fingerprint density at radius 1 is 0.921 bits per heavy atom. The van der Waals surface area contributed by atoms with Crippen molar-refractivity contribution in [2.45, 2.75) is 0 Å². The molecule has 8 nitrogen and oxygen atoms in total. The second-order valence-electron chi connectivity index (χ2n) is 8.24. The van der Waals surface area contributed by atoms with Crippen LogP contribution in [-0.2, 0) is 0 Å². The number of hydrazone groups is 1. The molecule has 9 heteroatoms. The summed E-state index contributed by atoms with van der Waals surface area (Å²) >= 11 is 3.52. The van der Waals surface area contributed by atoms with Crippen molar-refractivity contribution in [3.63, 3.8) is 0 Å². The molecule has 0 saturated heterocycles. The van der Waals surface area contributed by atoms with Gasteiger partial charge in [-0.15, -0.1) is 0 Å². The fourth-order valence-corrected chi connectivity index (χ4v) is 4.31. The summed E-state index contributed by atoms with van der Waals surface area (Å²) in [5.41, 5.74) is 7.90. The van der Waals surface area contributed by atoms with Gasteiger partial charge in [0.1, 0.15) is 11.9 Å². The number of hydrogen-bond donors (Lipinski definition) is 1. The first-order valence-corrected chi connectivity index (χ1v) is 12.4. The van der Waals surface area contributed by atoms with Gasteiger partial charge in [-0.25, -0.2) is 10.4 Å². The van der Waals surface area contributed by atoms with Gasteiger partial charge in [-0.1, -0.05) is 76.6 Å². The predicted molar refractivity (Wildman–Crippen MR) is 150 cm³/mol. The summed E-state index contributed by atoms with van der Waals surface area (Å²) < 4.78 is 3.14. The standard InChI is InChI=1S/C29H20BrN5O3/c30-23-11-13-24(14-12-23)34-27(20-7-3-1-4-8-20)17-22(28(34)21-9-5-2-6-10-21)18-32-33-29(36)26-16-15-25(19-31-26)35(37)38/h1-19H,(H,33,36). The van der Waals surface area contributed by atoms with Crippen molar-refractivity contribution in [2.24, 2.45) is 5.10 Å². The fraction of sp³-hybridized carbons (Fsp3) is 0. The number of benzene rings is 3. The molecule has 1 amide bonds. The highest BCUT2D eigenvalue weighted by Crippen LogP contribution is 2.35.